The van der Waals surface area contributed by atoms with Gasteiger partial charge in [0.05, 0.1) is 54.5 Å². The number of hydrogen-bond acceptors (Lipinski definition) is 10. The zero-order chi connectivity index (χ0) is 31.3. The van der Waals surface area contributed by atoms with Crippen molar-refractivity contribution >= 4 is 17.0 Å². The van der Waals surface area contributed by atoms with Crippen LogP contribution in [0.2, 0.25) is 0 Å². The van der Waals surface area contributed by atoms with Crippen molar-refractivity contribution in [2.45, 2.75) is 57.2 Å². The number of benzene rings is 2. The molecule has 0 bridgehead atoms. The number of ether oxygens (including phenoxy) is 4. The molecule has 4 aromatic rings. The number of nitriles is 1. The third kappa shape index (κ3) is 6.87. The highest BCUT2D eigenvalue weighted by Gasteiger charge is 2.32. The molecule has 2 aromatic carbocycles. The minimum Gasteiger partial charge on any atom is -0.483 e. The lowest BCUT2D eigenvalue weighted by Gasteiger charge is -2.38. The molecule has 2 aromatic heterocycles. The summed E-state index contributed by atoms with van der Waals surface area (Å²) >= 11 is 0. The molecule has 6 rings (SSSR count). The monoisotopic (exact) mass is 618 g/mol. The van der Waals surface area contributed by atoms with Crippen LogP contribution in [-0.4, -0.2) is 75.6 Å². The first-order valence-corrected chi connectivity index (χ1v) is 14.7. The van der Waals surface area contributed by atoms with Gasteiger partial charge in [-0.1, -0.05) is 0 Å². The Morgan fingerprint density at radius 2 is 2.04 bits per heavy atom. The molecule has 4 heterocycles. The highest BCUT2D eigenvalue weighted by molar-refractivity contribution is 5.93. The number of hydrogen-bond donors (Lipinski definition) is 0. The maximum atomic E-state index is 14.4. The first-order chi connectivity index (χ1) is 21.9. The van der Waals surface area contributed by atoms with E-state index in [9.17, 15) is 13.6 Å². The van der Waals surface area contributed by atoms with Crippen molar-refractivity contribution in [1.82, 2.24) is 24.4 Å². The molecule has 2 fully saturated rings. The van der Waals surface area contributed by atoms with Gasteiger partial charge >= 0.3 is 5.97 Å². The molecule has 0 radical (unpaired) electrons. The average Bonchev–Trinajstić information content (AvgIpc) is 3.38. The van der Waals surface area contributed by atoms with Gasteiger partial charge in [0, 0.05) is 37.9 Å². The molecule has 0 spiro atoms. The second-order valence-electron chi connectivity index (χ2n) is 11.0. The molecule has 0 unspecified atom stereocenters. The highest BCUT2D eigenvalue weighted by Crippen LogP contribution is 2.28. The number of carbonyl (C=O) groups excluding carboxylic acids is 1. The molecule has 0 saturated carbocycles. The maximum absolute atomic E-state index is 14.4. The number of esters is 1. The summed E-state index contributed by atoms with van der Waals surface area (Å²) in [4.78, 5) is 27.7. The van der Waals surface area contributed by atoms with Crippen LogP contribution in [0.1, 0.15) is 46.8 Å². The van der Waals surface area contributed by atoms with Crippen LogP contribution in [0.4, 0.5) is 8.78 Å². The molecule has 2 saturated heterocycles. The summed E-state index contributed by atoms with van der Waals surface area (Å²) in [5, 5.41) is 8.91. The molecule has 2 aliphatic rings. The zero-order valence-electron chi connectivity index (χ0n) is 24.7. The average molecular weight is 619 g/mol. The van der Waals surface area contributed by atoms with E-state index in [2.05, 4.69) is 19.4 Å². The van der Waals surface area contributed by atoms with Gasteiger partial charge in [-0.2, -0.15) is 10.2 Å². The largest absolute Gasteiger partial charge is 0.483 e. The topological polar surface area (TPSA) is 125 Å². The summed E-state index contributed by atoms with van der Waals surface area (Å²) in [6.45, 7) is 1.66. The Kier molecular flexibility index (Phi) is 9.13. The number of nitrogens with zero attached hydrogens (tertiary/aromatic N) is 6. The SMILES string of the molecule is COC(=O)c1ccc2nc(CN3CC[C@H](Oc4ccnc(COc5ccc(C#N)cc5F)n4)C[C@@H]3CF)n(C[C@@H]3CCO3)c2c1. The summed E-state index contributed by atoms with van der Waals surface area (Å²) in [7, 11) is 1.35. The van der Waals surface area contributed by atoms with Gasteiger partial charge in [-0.05, 0) is 49.2 Å². The number of likely N-dealkylation sites (tertiary alicyclic amines) is 1. The van der Waals surface area contributed by atoms with E-state index < -0.39 is 24.5 Å². The molecule has 0 N–H and O–H groups in total. The lowest BCUT2D eigenvalue weighted by Crippen LogP contribution is -2.47. The Morgan fingerprint density at radius 1 is 1.18 bits per heavy atom. The summed E-state index contributed by atoms with van der Waals surface area (Å²) in [6.07, 6.45) is 3.34. The third-order valence-corrected chi connectivity index (χ3v) is 8.13. The molecule has 0 amide bonds. The van der Waals surface area contributed by atoms with Gasteiger partial charge in [0.1, 0.15) is 25.2 Å². The van der Waals surface area contributed by atoms with Gasteiger partial charge < -0.3 is 23.5 Å². The summed E-state index contributed by atoms with van der Waals surface area (Å²) in [5.41, 5.74) is 2.19. The molecule has 13 heteroatoms. The van der Waals surface area contributed by atoms with E-state index in [4.69, 9.17) is 29.2 Å². The van der Waals surface area contributed by atoms with Gasteiger partial charge in [0.15, 0.2) is 17.4 Å². The molecule has 45 heavy (non-hydrogen) atoms. The Labute approximate surface area is 258 Å². The Hall–Kier alpha value is -4.67. The lowest BCUT2D eigenvalue weighted by atomic mass is 10.00. The first kappa shape index (κ1) is 30.4. The second-order valence-corrected chi connectivity index (χ2v) is 11.0. The van der Waals surface area contributed by atoms with Crippen molar-refractivity contribution in [2.75, 3.05) is 26.9 Å². The van der Waals surface area contributed by atoms with Crippen LogP contribution in [-0.2, 0) is 29.2 Å². The number of aromatic nitrogens is 4. The van der Waals surface area contributed by atoms with Crippen molar-refractivity contribution in [3.8, 4) is 17.7 Å². The van der Waals surface area contributed by atoms with Gasteiger partial charge in [-0.25, -0.2) is 23.5 Å². The normalized spacial score (nSPS) is 19.9. The molecule has 234 valence electrons. The molecular formula is C32H32F2N6O5. The number of alkyl halides is 1. The number of halogens is 2. The second kappa shape index (κ2) is 13.5. The molecule has 3 atom stereocenters. The molecule has 0 aliphatic carbocycles. The standard InChI is InChI=1S/C32H32F2N6O5/c1-42-32(41)21-3-4-26-27(13-21)40(17-24-8-11-43-24)30(37-26)18-39-10-7-23(14-22(39)15-33)45-31-6-9-36-29(38-31)19-44-28-5-2-20(16-35)12-25(28)34/h2-6,9,12-13,22-24H,7-8,10-11,14-15,17-19H2,1H3/t22-,23+,24+/m1/s1. The van der Waals surface area contributed by atoms with Crippen LogP contribution in [0.3, 0.4) is 0 Å². The van der Waals surface area contributed by atoms with E-state index in [1.807, 2.05) is 6.07 Å². The van der Waals surface area contributed by atoms with Crippen molar-refractivity contribution < 1.29 is 32.5 Å². The van der Waals surface area contributed by atoms with Gasteiger partial charge in [-0.3, -0.25) is 4.90 Å². The smallest absolute Gasteiger partial charge is 0.337 e. The zero-order valence-corrected chi connectivity index (χ0v) is 24.7. The summed E-state index contributed by atoms with van der Waals surface area (Å²) < 4.78 is 52.9. The lowest BCUT2D eigenvalue weighted by molar-refractivity contribution is -0.0594. The number of methoxy groups -OCH3 is 1. The summed E-state index contributed by atoms with van der Waals surface area (Å²) in [5.74, 6) is 0.306. The number of carbonyl (C=O) groups is 1. The number of rotatable bonds is 11. The number of imidazole rings is 1. The van der Waals surface area contributed by atoms with E-state index in [0.717, 1.165) is 29.3 Å². The predicted molar refractivity (Wildman–Crippen MR) is 157 cm³/mol. The Balaban J connectivity index is 1.11. The van der Waals surface area contributed by atoms with Crippen LogP contribution in [0.25, 0.3) is 11.0 Å². The van der Waals surface area contributed by atoms with Crippen LogP contribution in [0, 0.1) is 17.1 Å². The van der Waals surface area contributed by atoms with E-state index in [1.54, 1.807) is 24.3 Å². The van der Waals surface area contributed by atoms with Crippen molar-refractivity contribution in [2.24, 2.45) is 0 Å². The van der Waals surface area contributed by atoms with E-state index in [1.165, 1.54) is 25.4 Å². The number of fused-ring (bicyclic) bond motifs is 1. The molecule has 2 aliphatic heterocycles. The Bertz CT molecular complexity index is 1720. The predicted octanol–water partition coefficient (Wildman–Crippen LogP) is 4.37. The van der Waals surface area contributed by atoms with E-state index >= 15 is 0 Å². The van der Waals surface area contributed by atoms with E-state index in [-0.39, 0.29) is 30.1 Å². The Morgan fingerprint density at radius 3 is 2.78 bits per heavy atom. The van der Waals surface area contributed by atoms with Crippen LogP contribution in [0.5, 0.6) is 11.6 Å². The van der Waals surface area contributed by atoms with Gasteiger partial charge in [-0.15, -0.1) is 0 Å². The highest BCUT2D eigenvalue weighted by atomic mass is 19.1. The van der Waals surface area contributed by atoms with Crippen molar-refractivity contribution in [3.05, 3.63) is 77.3 Å². The number of piperidine rings is 1. The van der Waals surface area contributed by atoms with Crippen molar-refractivity contribution in [3.63, 3.8) is 0 Å². The minimum absolute atomic E-state index is 0.0141. The van der Waals surface area contributed by atoms with Crippen LogP contribution >= 0.6 is 0 Å². The minimum atomic E-state index is -0.650. The fourth-order valence-electron chi connectivity index (χ4n) is 5.61. The summed E-state index contributed by atoms with van der Waals surface area (Å²) in [6, 6.07) is 12.3. The third-order valence-electron chi connectivity index (χ3n) is 8.13. The van der Waals surface area contributed by atoms with E-state index in [0.29, 0.717) is 56.4 Å². The maximum Gasteiger partial charge on any atom is 0.337 e. The fourth-order valence-corrected chi connectivity index (χ4v) is 5.61. The van der Waals surface area contributed by atoms with Gasteiger partial charge in [0.25, 0.3) is 0 Å². The van der Waals surface area contributed by atoms with Crippen LogP contribution < -0.4 is 9.47 Å². The molecular weight excluding hydrogens is 586 g/mol. The van der Waals surface area contributed by atoms with Gasteiger partial charge in [0.2, 0.25) is 5.88 Å². The van der Waals surface area contributed by atoms with Crippen molar-refractivity contribution in [1.29, 1.82) is 5.26 Å². The molecule has 11 nitrogen and oxygen atoms in total. The first-order valence-electron chi connectivity index (χ1n) is 14.7. The fraction of sp³-hybridized carbons (Fsp3) is 0.406. The van der Waals surface area contributed by atoms with Crippen LogP contribution in [0.15, 0.2) is 48.7 Å². The quantitative estimate of drug-likeness (QED) is 0.224.